The molecule has 1 aliphatic heterocycles. The minimum atomic E-state index is 0. The fourth-order valence-electron chi connectivity index (χ4n) is 3.25. The smallest absolute Gasteiger partial charge is 0.213 e. The van der Waals surface area contributed by atoms with Crippen molar-refractivity contribution in [1.82, 2.24) is 15.6 Å². The molecule has 30 heavy (non-hydrogen) atoms. The number of aliphatic imine (C=N–C) groups is 1. The molecular formula is C22H32IN5O2. The summed E-state index contributed by atoms with van der Waals surface area (Å²) >= 11 is 0. The third-order valence-corrected chi connectivity index (χ3v) is 4.75. The number of anilines is 1. The number of nitrogens with zero attached hydrogens (tertiary/aromatic N) is 3. The van der Waals surface area contributed by atoms with Crippen molar-refractivity contribution >= 4 is 35.6 Å². The quantitative estimate of drug-likeness (QED) is 0.227. The molecule has 3 rings (SSSR count). The summed E-state index contributed by atoms with van der Waals surface area (Å²) < 4.78 is 10.5. The van der Waals surface area contributed by atoms with E-state index in [9.17, 15) is 0 Å². The van der Waals surface area contributed by atoms with E-state index in [2.05, 4.69) is 57.8 Å². The van der Waals surface area contributed by atoms with Gasteiger partial charge in [0.1, 0.15) is 6.61 Å². The van der Waals surface area contributed by atoms with E-state index in [1.807, 2.05) is 18.3 Å². The van der Waals surface area contributed by atoms with Crippen LogP contribution < -0.4 is 20.3 Å². The summed E-state index contributed by atoms with van der Waals surface area (Å²) in [6.45, 7) is 6.54. The van der Waals surface area contributed by atoms with E-state index in [1.54, 1.807) is 7.11 Å². The van der Waals surface area contributed by atoms with Crippen molar-refractivity contribution in [2.24, 2.45) is 4.99 Å². The Bertz CT molecular complexity index is 758. The van der Waals surface area contributed by atoms with Crippen molar-refractivity contribution in [3.05, 3.63) is 54.2 Å². The number of para-hydroxylation sites is 1. The first-order chi connectivity index (χ1) is 14.3. The van der Waals surface area contributed by atoms with Gasteiger partial charge in [-0.1, -0.05) is 24.3 Å². The van der Waals surface area contributed by atoms with Crippen LogP contribution in [0.4, 0.5) is 5.69 Å². The Morgan fingerprint density at radius 3 is 2.73 bits per heavy atom. The number of ether oxygens (including phenoxy) is 2. The molecule has 0 bridgehead atoms. The number of methoxy groups -OCH3 is 1. The third-order valence-electron chi connectivity index (χ3n) is 4.75. The van der Waals surface area contributed by atoms with Gasteiger partial charge in [-0.25, -0.2) is 9.98 Å². The molecule has 1 aliphatic rings. The van der Waals surface area contributed by atoms with Gasteiger partial charge in [-0.15, -0.1) is 24.0 Å². The average Bonchev–Trinajstić information content (AvgIpc) is 3.22. The fourth-order valence-corrected chi connectivity index (χ4v) is 3.25. The normalized spacial score (nSPS) is 16.1. The maximum absolute atomic E-state index is 5.50. The fraction of sp³-hybridized carbons (Fsp3) is 0.455. The van der Waals surface area contributed by atoms with Crippen molar-refractivity contribution in [1.29, 1.82) is 0 Å². The number of hydrogen-bond acceptors (Lipinski definition) is 5. The number of pyridine rings is 1. The van der Waals surface area contributed by atoms with Gasteiger partial charge in [0, 0.05) is 50.7 Å². The van der Waals surface area contributed by atoms with Crippen LogP contribution in [0.15, 0.2) is 53.7 Å². The topological polar surface area (TPSA) is 71.0 Å². The highest BCUT2D eigenvalue weighted by Gasteiger charge is 2.23. The molecule has 0 aliphatic carbocycles. The minimum absolute atomic E-state index is 0. The van der Waals surface area contributed by atoms with E-state index >= 15 is 0 Å². The second-order valence-electron chi connectivity index (χ2n) is 6.95. The lowest BCUT2D eigenvalue weighted by Gasteiger charge is -2.20. The Balaban J connectivity index is 0.00000320. The van der Waals surface area contributed by atoms with Crippen LogP contribution in [0.3, 0.4) is 0 Å². The van der Waals surface area contributed by atoms with Gasteiger partial charge in [0.2, 0.25) is 5.88 Å². The summed E-state index contributed by atoms with van der Waals surface area (Å²) in [5.41, 5.74) is 2.32. The van der Waals surface area contributed by atoms with Gasteiger partial charge in [-0.2, -0.15) is 0 Å². The summed E-state index contributed by atoms with van der Waals surface area (Å²) in [6.07, 6.45) is 2.90. The molecule has 0 saturated carbocycles. The largest absolute Gasteiger partial charge is 0.475 e. The molecule has 1 atom stereocenters. The van der Waals surface area contributed by atoms with Crippen LogP contribution in [-0.4, -0.2) is 56.9 Å². The predicted octanol–water partition coefficient (Wildman–Crippen LogP) is 3.06. The SMILES string of the molecule is CCNC(=NCc1ccc(OCCOC)nc1)NC1CCN(c2ccccc2)C1.I. The minimum Gasteiger partial charge on any atom is -0.475 e. The van der Waals surface area contributed by atoms with Crippen LogP contribution in [0.25, 0.3) is 0 Å². The van der Waals surface area contributed by atoms with Crippen molar-refractivity contribution in [2.75, 3.05) is 44.9 Å². The number of hydrogen-bond donors (Lipinski definition) is 2. The first-order valence-corrected chi connectivity index (χ1v) is 10.2. The Kier molecular flexibility index (Phi) is 10.7. The zero-order valence-electron chi connectivity index (χ0n) is 17.7. The van der Waals surface area contributed by atoms with Crippen LogP contribution in [0.1, 0.15) is 18.9 Å². The standard InChI is InChI=1S/C22H31N5O2.HI/c1-3-23-22(25-16-18-9-10-21(24-15-18)29-14-13-28-2)26-19-11-12-27(17-19)20-7-5-4-6-8-20;/h4-10,15,19H,3,11-14,16-17H2,1-2H3,(H2,23,25,26);1H. The van der Waals surface area contributed by atoms with Crippen LogP contribution in [-0.2, 0) is 11.3 Å². The number of rotatable bonds is 9. The lowest BCUT2D eigenvalue weighted by Crippen LogP contribution is -2.44. The molecule has 2 N–H and O–H groups in total. The van der Waals surface area contributed by atoms with Gasteiger partial charge in [0.15, 0.2) is 5.96 Å². The Hall–Kier alpha value is -2.07. The van der Waals surface area contributed by atoms with Crippen LogP contribution >= 0.6 is 24.0 Å². The molecule has 1 fully saturated rings. The van der Waals surface area contributed by atoms with Gasteiger partial charge in [0.25, 0.3) is 0 Å². The molecular weight excluding hydrogens is 493 g/mol. The van der Waals surface area contributed by atoms with E-state index in [1.165, 1.54) is 5.69 Å². The lowest BCUT2D eigenvalue weighted by atomic mass is 10.2. The lowest BCUT2D eigenvalue weighted by molar-refractivity contribution is 0.143. The molecule has 1 aromatic carbocycles. The zero-order valence-corrected chi connectivity index (χ0v) is 20.0. The first-order valence-electron chi connectivity index (χ1n) is 10.2. The molecule has 164 valence electrons. The van der Waals surface area contributed by atoms with E-state index < -0.39 is 0 Å². The Morgan fingerprint density at radius 1 is 1.20 bits per heavy atom. The van der Waals surface area contributed by atoms with Crippen LogP contribution in [0.2, 0.25) is 0 Å². The molecule has 0 amide bonds. The second-order valence-corrected chi connectivity index (χ2v) is 6.95. The molecule has 1 saturated heterocycles. The van der Waals surface area contributed by atoms with Gasteiger partial charge in [-0.3, -0.25) is 0 Å². The molecule has 1 unspecified atom stereocenters. The van der Waals surface area contributed by atoms with E-state index in [0.717, 1.165) is 37.6 Å². The highest BCUT2D eigenvalue weighted by atomic mass is 127. The van der Waals surface area contributed by atoms with Crippen molar-refractivity contribution < 1.29 is 9.47 Å². The molecule has 7 nitrogen and oxygen atoms in total. The maximum Gasteiger partial charge on any atom is 0.213 e. The van der Waals surface area contributed by atoms with Crippen LogP contribution in [0, 0.1) is 0 Å². The number of benzene rings is 1. The Labute approximate surface area is 196 Å². The van der Waals surface area contributed by atoms with Gasteiger partial charge >= 0.3 is 0 Å². The highest BCUT2D eigenvalue weighted by molar-refractivity contribution is 14.0. The molecule has 8 heteroatoms. The summed E-state index contributed by atoms with van der Waals surface area (Å²) in [5, 5.41) is 6.91. The van der Waals surface area contributed by atoms with E-state index in [0.29, 0.717) is 31.7 Å². The van der Waals surface area contributed by atoms with Crippen molar-refractivity contribution in [3.8, 4) is 5.88 Å². The van der Waals surface area contributed by atoms with Gasteiger partial charge in [-0.05, 0) is 31.0 Å². The number of aromatic nitrogens is 1. The zero-order chi connectivity index (χ0) is 20.3. The van der Waals surface area contributed by atoms with E-state index in [4.69, 9.17) is 14.5 Å². The monoisotopic (exact) mass is 525 g/mol. The summed E-state index contributed by atoms with van der Waals surface area (Å²) in [4.78, 5) is 11.5. The molecule has 0 spiro atoms. The predicted molar refractivity (Wildman–Crippen MR) is 132 cm³/mol. The van der Waals surface area contributed by atoms with Gasteiger partial charge in [0.05, 0.1) is 13.2 Å². The number of nitrogens with one attached hydrogen (secondary N) is 2. The molecule has 1 aromatic heterocycles. The molecule has 2 aromatic rings. The second kappa shape index (κ2) is 13.3. The third kappa shape index (κ3) is 7.64. The Morgan fingerprint density at radius 2 is 2.03 bits per heavy atom. The highest BCUT2D eigenvalue weighted by Crippen LogP contribution is 2.19. The maximum atomic E-state index is 5.50. The average molecular weight is 525 g/mol. The summed E-state index contributed by atoms with van der Waals surface area (Å²) in [6, 6.07) is 14.8. The van der Waals surface area contributed by atoms with E-state index in [-0.39, 0.29) is 24.0 Å². The number of guanidine groups is 1. The van der Waals surface area contributed by atoms with Crippen molar-refractivity contribution in [2.45, 2.75) is 25.9 Å². The number of halogens is 1. The van der Waals surface area contributed by atoms with Crippen LogP contribution in [0.5, 0.6) is 5.88 Å². The molecule has 0 radical (unpaired) electrons. The van der Waals surface area contributed by atoms with Crippen molar-refractivity contribution in [3.63, 3.8) is 0 Å². The first kappa shape index (κ1) is 24.2. The van der Waals surface area contributed by atoms with Gasteiger partial charge < -0.3 is 25.0 Å². The summed E-state index contributed by atoms with van der Waals surface area (Å²) in [7, 11) is 1.65. The molecule has 2 heterocycles. The summed E-state index contributed by atoms with van der Waals surface area (Å²) in [5.74, 6) is 1.44.